The van der Waals surface area contributed by atoms with Gasteiger partial charge in [-0.2, -0.15) is 0 Å². The fourth-order valence-electron chi connectivity index (χ4n) is 11.3. The van der Waals surface area contributed by atoms with Crippen molar-refractivity contribution in [2.75, 3.05) is 0 Å². The molecule has 0 spiro atoms. The SMILES string of the molecule is CC(C)CCCCCCCC(O)(CCCCCCCC(C)C)C(C(O)c1ccc(C(C)(C)C)cc1C(C)(C)C)(C(O)c1ccc(C(C)(C)C)cc1C(C)(C)C)C(O)c1ccc(C(C)(C)C)cc1C(C)(C)C. The van der Waals surface area contributed by atoms with E-state index in [1.54, 1.807) is 0 Å². The Morgan fingerprint density at radius 1 is 0.338 bits per heavy atom. The first-order valence-electron chi connectivity index (χ1n) is 28.5. The molecule has 0 fully saturated rings. The molecular formula is C67H112O4. The van der Waals surface area contributed by atoms with E-state index in [1.807, 2.05) is 0 Å². The number of hydrogen-bond donors (Lipinski definition) is 4. The largest absolute Gasteiger partial charge is 0.389 e. The van der Waals surface area contributed by atoms with Gasteiger partial charge in [0.25, 0.3) is 0 Å². The molecule has 0 heterocycles. The molecule has 0 radical (unpaired) electrons. The van der Waals surface area contributed by atoms with E-state index in [4.69, 9.17) is 0 Å². The molecule has 4 N–H and O–H groups in total. The molecule has 0 aliphatic carbocycles. The van der Waals surface area contributed by atoms with Crippen LogP contribution in [0.1, 0.15) is 311 Å². The third kappa shape index (κ3) is 16.2. The second-order valence-electron chi connectivity index (χ2n) is 29.5. The molecule has 0 saturated carbocycles. The van der Waals surface area contributed by atoms with Crippen LogP contribution in [-0.4, -0.2) is 26.0 Å². The number of hydrogen-bond acceptors (Lipinski definition) is 4. The summed E-state index contributed by atoms with van der Waals surface area (Å²) in [6.07, 6.45) is 8.54. The molecule has 3 unspecified atom stereocenters. The van der Waals surface area contributed by atoms with Crippen molar-refractivity contribution in [3.8, 4) is 0 Å². The molecule has 0 aliphatic heterocycles. The van der Waals surface area contributed by atoms with Gasteiger partial charge in [0, 0.05) is 0 Å². The quantitative estimate of drug-likeness (QED) is 0.0714. The third-order valence-electron chi connectivity index (χ3n) is 16.0. The van der Waals surface area contributed by atoms with Gasteiger partial charge in [-0.05, 0) is 107 Å². The molecule has 4 nitrogen and oxygen atoms in total. The van der Waals surface area contributed by atoms with Crippen LogP contribution in [0.2, 0.25) is 0 Å². The summed E-state index contributed by atoms with van der Waals surface area (Å²) >= 11 is 0. The molecule has 404 valence electrons. The van der Waals surface area contributed by atoms with Crippen LogP contribution in [0.5, 0.6) is 0 Å². The van der Waals surface area contributed by atoms with E-state index in [0.717, 1.165) is 71.9 Å². The van der Waals surface area contributed by atoms with Gasteiger partial charge in [0.05, 0.1) is 29.3 Å². The highest BCUT2D eigenvalue weighted by atomic mass is 16.3. The molecule has 0 aliphatic rings. The third-order valence-corrected chi connectivity index (χ3v) is 16.0. The molecule has 0 saturated heterocycles. The summed E-state index contributed by atoms with van der Waals surface area (Å²) < 4.78 is 0. The van der Waals surface area contributed by atoms with Gasteiger partial charge >= 0.3 is 0 Å². The van der Waals surface area contributed by atoms with Crippen molar-refractivity contribution in [3.63, 3.8) is 0 Å². The molecule has 4 heteroatoms. The Hall–Kier alpha value is -2.50. The summed E-state index contributed by atoms with van der Waals surface area (Å²) in [4.78, 5) is 0. The van der Waals surface area contributed by atoms with Gasteiger partial charge in [-0.15, -0.1) is 0 Å². The van der Waals surface area contributed by atoms with Crippen LogP contribution in [0.15, 0.2) is 54.6 Å². The van der Waals surface area contributed by atoms with Crippen molar-refractivity contribution in [2.24, 2.45) is 17.3 Å². The van der Waals surface area contributed by atoms with E-state index < -0.39 is 45.6 Å². The number of unbranched alkanes of at least 4 members (excludes halogenated alkanes) is 8. The van der Waals surface area contributed by atoms with Crippen LogP contribution in [0.25, 0.3) is 0 Å². The Morgan fingerprint density at radius 2 is 0.577 bits per heavy atom. The van der Waals surface area contributed by atoms with Gasteiger partial charge < -0.3 is 20.4 Å². The first-order chi connectivity index (χ1) is 32.3. The highest BCUT2D eigenvalue weighted by Crippen LogP contribution is 2.64. The number of benzene rings is 3. The van der Waals surface area contributed by atoms with Crippen molar-refractivity contribution in [2.45, 2.75) is 299 Å². The molecule has 0 bridgehead atoms. The Labute approximate surface area is 439 Å². The number of aliphatic hydroxyl groups is 4. The maximum absolute atomic E-state index is 14.7. The summed E-state index contributed by atoms with van der Waals surface area (Å²) in [5.74, 6) is 1.33. The molecule has 3 aromatic rings. The predicted octanol–water partition coefficient (Wildman–Crippen LogP) is 18.5. The first kappa shape index (κ1) is 62.8. The zero-order chi connectivity index (χ0) is 54.3. The molecular weight excluding hydrogens is 869 g/mol. The maximum atomic E-state index is 14.7. The summed E-state index contributed by atoms with van der Waals surface area (Å²) in [6.45, 7) is 48.9. The van der Waals surface area contributed by atoms with Crippen LogP contribution in [0.4, 0.5) is 0 Å². The van der Waals surface area contributed by atoms with E-state index >= 15 is 0 Å². The second-order valence-corrected chi connectivity index (χ2v) is 29.5. The fraction of sp³-hybridized carbons (Fsp3) is 0.731. The second kappa shape index (κ2) is 24.4. The van der Waals surface area contributed by atoms with E-state index in [1.165, 1.54) is 25.7 Å². The number of aliphatic hydroxyl groups excluding tert-OH is 3. The van der Waals surface area contributed by atoms with Gasteiger partial charge in [-0.3, -0.25) is 0 Å². The zero-order valence-electron chi connectivity index (χ0n) is 50.3. The van der Waals surface area contributed by atoms with Gasteiger partial charge in [-0.25, -0.2) is 0 Å². The monoisotopic (exact) mass is 981 g/mol. The molecule has 0 aromatic heterocycles. The van der Waals surface area contributed by atoms with Gasteiger partial charge in [0.15, 0.2) is 0 Å². The van der Waals surface area contributed by atoms with Crippen molar-refractivity contribution in [1.82, 2.24) is 0 Å². The average molecular weight is 982 g/mol. The Kier molecular flexibility index (Phi) is 21.6. The summed E-state index contributed by atoms with van der Waals surface area (Å²) in [7, 11) is 0. The summed E-state index contributed by atoms with van der Waals surface area (Å²) in [5, 5.41) is 57.9. The van der Waals surface area contributed by atoms with E-state index in [9.17, 15) is 20.4 Å². The number of rotatable bonds is 23. The standard InChI is InChI=1S/C67H112O4/c1-46(2)33-29-25-23-27-31-41-66(71,42-32-28-24-26-30-34-47(3)4)67(57(68)51-38-35-48(60(5,6)7)43-54(51)63(14,15)16,58(69)52-39-36-49(61(8,9)10)44-55(52)64(17,18)19)59(70)53-40-37-50(62(11,12)13)45-56(53)65(20,21)22/h35-40,43-47,57-59,68-71H,23-34,41-42H2,1-22H3. The lowest BCUT2D eigenvalue weighted by molar-refractivity contribution is -0.255. The lowest BCUT2D eigenvalue weighted by atomic mass is 9.53. The van der Waals surface area contributed by atoms with Crippen molar-refractivity contribution in [3.05, 3.63) is 105 Å². The van der Waals surface area contributed by atoms with Gasteiger partial charge in [-0.1, -0.05) is 284 Å². The minimum Gasteiger partial charge on any atom is -0.389 e. The normalized spacial score (nSPS) is 15.9. The first-order valence-corrected chi connectivity index (χ1v) is 28.5. The Morgan fingerprint density at radius 3 is 0.803 bits per heavy atom. The lowest BCUT2D eigenvalue weighted by Crippen LogP contribution is -2.59. The van der Waals surface area contributed by atoms with Crippen molar-refractivity contribution < 1.29 is 20.4 Å². The van der Waals surface area contributed by atoms with Crippen LogP contribution < -0.4 is 0 Å². The van der Waals surface area contributed by atoms with Crippen LogP contribution in [0, 0.1) is 17.3 Å². The molecule has 71 heavy (non-hydrogen) atoms. The van der Waals surface area contributed by atoms with E-state index in [-0.39, 0.29) is 16.2 Å². The Bertz CT molecular complexity index is 1880. The van der Waals surface area contributed by atoms with Crippen LogP contribution >= 0.6 is 0 Å². The average Bonchev–Trinajstić information content (AvgIpc) is 3.23. The minimum absolute atomic E-state index is 0.169. The molecule has 0 amide bonds. The van der Waals surface area contributed by atoms with Crippen molar-refractivity contribution >= 4 is 0 Å². The highest BCUT2D eigenvalue weighted by Gasteiger charge is 2.65. The van der Waals surface area contributed by atoms with E-state index in [2.05, 4.69) is 207 Å². The minimum atomic E-state index is -1.96. The van der Waals surface area contributed by atoms with E-state index in [0.29, 0.717) is 54.2 Å². The highest BCUT2D eigenvalue weighted by molar-refractivity contribution is 5.48. The van der Waals surface area contributed by atoms with Gasteiger partial charge in [0.2, 0.25) is 0 Å². The topological polar surface area (TPSA) is 80.9 Å². The molecule has 3 atom stereocenters. The zero-order valence-corrected chi connectivity index (χ0v) is 50.3. The van der Waals surface area contributed by atoms with Crippen molar-refractivity contribution in [1.29, 1.82) is 0 Å². The predicted molar refractivity (Wildman–Crippen MR) is 308 cm³/mol. The maximum Gasteiger partial charge on any atom is 0.0933 e. The van der Waals surface area contributed by atoms with Crippen LogP contribution in [-0.2, 0) is 32.5 Å². The van der Waals surface area contributed by atoms with Crippen LogP contribution in [0.3, 0.4) is 0 Å². The molecule has 3 rings (SSSR count). The lowest BCUT2D eigenvalue weighted by Gasteiger charge is -2.57. The summed E-state index contributed by atoms with van der Waals surface area (Å²) in [5.41, 5.74) is 2.76. The molecule has 3 aromatic carbocycles. The smallest absolute Gasteiger partial charge is 0.0933 e. The van der Waals surface area contributed by atoms with Gasteiger partial charge in [0.1, 0.15) is 0 Å². The fourth-order valence-corrected chi connectivity index (χ4v) is 11.3. The Balaban J connectivity index is 2.72. The summed E-state index contributed by atoms with van der Waals surface area (Å²) in [6, 6.07) is 19.3.